The number of pyridine rings is 1. The fourth-order valence-corrected chi connectivity index (χ4v) is 3.16. The van der Waals surface area contributed by atoms with Crippen LogP contribution >= 0.6 is 0 Å². The first kappa shape index (κ1) is 16.2. The second-order valence-corrected chi connectivity index (χ2v) is 6.55. The number of piperidine rings is 1. The van der Waals surface area contributed by atoms with Gasteiger partial charge in [0.15, 0.2) is 0 Å². The van der Waals surface area contributed by atoms with E-state index in [0.29, 0.717) is 12.0 Å². The van der Waals surface area contributed by atoms with Gasteiger partial charge in [-0.2, -0.15) is 5.26 Å². The predicted molar refractivity (Wildman–Crippen MR) is 89.5 cm³/mol. The SMILES string of the molecule is CC1=NO[C@](C)(C(=O)NC2CCN(c3ncccc3C#N)CC2)C1. The molecule has 1 fully saturated rings. The van der Waals surface area contributed by atoms with Crippen LogP contribution < -0.4 is 10.2 Å². The van der Waals surface area contributed by atoms with E-state index in [-0.39, 0.29) is 11.9 Å². The minimum absolute atomic E-state index is 0.101. The van der Waals surface area contributed by atoms with Crippen molar-refractivity contribution in [2.24, 2.45) is 5.16 Å². The summed E-state index contributed by atoms with van der Waals surface area (Å²) in [5.74, 6) is 0.608. The number of carbonyl (C=O) groups is 1. The van der Waals surface area contributed by atoms with Crippen molar-refractivity contribution < 1.29 is 9.63 Å². The minimum Gasteiger partial charge on any atom is -0.379 e. The molecule has 0 bridgehead atoms. The molecule has 1 aromatic heterocycles. The molecule has 1 saturated heterocycles. The van der Waals surface area contributed by atoms with Crippen LogP contribution in [0.4, 0.5) is 5.82 Å². The highest BCUT2D eigenvalue weighted by molar-refractivity contribution is 5.94. The molecule has 1 amide bonds. The van der Waals surface area contributed by atoms with Gasteiger partial charge in [-0.1, -0.05) is 5.16 Å². The number of hydrogen-bond donors (Lipinski definition) is 1. The minimum atomic E-state index is -0.893. The predicted octanol–water partition coefficient (Wildman–Crippen LogP) is 1.59. The number of amides is 1. The van der Waals surface area contributed by atoms with Crippen molar-refractivity contribution in [3.05, 3.63) is 23.9 Å². The maximum absolute atomic E-state index is 12.5. The first-order chi connectivity index (χ1) is 11.5. The van der Waals surface area contributed by atoms with Crippen LogP contribution in [0.2, 0.25) is 0 Å². The first-order valence-corrected chi connectivity index (χ1v) is 8.14. The maximum Gasteiger partial charge on any atom is 0.267 e. The van der Waals surface area contributed by atoms with Gasteiger partial charge >= 0.3 is 0 Å². The Labute approximate surface area is 141 Å². The number of anilines is 1. The number of nitrogens with zero attached hydrogens (tertiary/aromatic N) is 4. The lowest BCUT2D eigenvalue weighted by atomic mass is 9.97. The Bertz CT molecular complexity index is 703. The molecule has 0 spiro atoms. The van der Waals surface area contributed by atoms with E-state index in [2.05, 4.69) is 26.4 Å². The fraction of sp³-hybridized carbons (Fsp3) is 0.529. The zero-order valence-electron chi connectivity index (χ0n) is 14.0. The molecule has 2 aliphatic rings. The van der Waals surface area contributed by atoms with Crippen LogP contribution in [0.1, 0.15) is 38.7 Å². The molecule has 3 rings (SSSR count). The van der Waals surface area contributed by atoms with E-state index in [0.717, 1.165) is 37.5 Å². The first-order valence-electron chi connectivity index (χ1n) is 8.14. The Balaban J connectivity index is 1.56. The molecular weight excluding hydrogens is 306 g/mol. The number of nitrogens with one attached hydrogen (secondary N) is 1. The van der Waals surface area contributed by atoms with E-state index in [9.17, 15) is 10.1 Å². The topological polar surface area (TPSA) is 90.6 Å². The lowest BCUT2D eigenvalue weighted by Crippen LogP contribution is -2.52. The lowest BCUT2D eigenvalue weighted by molar-refractivity contribution is -0.142. The van der Waals surface area contributed by atoms with E-state index in [1.54, 1.807) is 25.3 Å². The van der Waals surface area contributed by atoms with E-state index in [4.69, 9.17) is 4.84 Å². The van der Waals surface area contributed by atoms with Crippen molar-refractivity contribution >= 4 is 17.4 Å². The van der Waals surface area contributed by atoms with E-state index in [1.165, 1.54) is 0 Å². The molecule has 3 heterocycles. The lowest BCUT2D eigenvalue weighted by Gasteiger charge is -2.34. The van der Waals surface area contributed by atoms with Crippen LogP contribution in [0, 0.1) is 11.3 Å². The van der Waals surface area contributed by atoms with Crippen molar-refractivity contribution in [1.29, 1.82) is 5.26 Å². The average molecular weight is 327 g/mol. The van der Waals surface area contributed by atoms with Gasteiger partial charge in [-0.3, -0.25) is 4.79 Å². The van der Waals surface area contributed by atoms with Crippen molar-refractivity contribution in [3.8, 4) is 6.07 Å². The monoisotopic (exact) mass is 327 g/mol. The molecular formula is C17H21N5O2. The largest absolute Gasteiger partial charge is 0.379 e. The third-order valence-corrected chi connectivity index (χ3v) is 4.51. The van der Waals surface area contributed by atoms with Crippen LogP contribution in [0.3, 0.4) is 0 Å². The van der Waals surface area contributed by atoms with Gasteiger partial charge in [0.05, 0.1) is 11.3 Å². The zero-order chi connectivity index (χ0) is 17.2. The summed E-state index contributed by atoms with van der Waals surface area (Å²) in [5.41, 5.74) is 0.525. The molecule has 0 aromatic carbocycles. The molecule has 7 nitrogen and oxygen atoms in total. The summed E-state index contributed by atoms with van der Waals surface area (Å²) in [5, 5.41) is 16.1. The van der Waals surface area contributed by atoms with E-state index < -0.39 is 5.60 Å². The quantitative estimate of drug-likeness (QED) is 0.910. The van der Waals surface area contributed by atoms with Gasteiger partial charge < -0.3 is 15.1 Å². The van der Waals surface area contributed by atoms with Crippen molar-refractivity contribution in [2.45, 2.75) is 44.8 Å². The highest BCUT2D eigenvalue weighted by Gasteiger charge is 2.41. The third-order valence-electron chi connectivity index (χ3n) is 4.51. The molecule has 7 heteroatoms. The number of rotatable bonds is 3. The van der Waals surface area contributed by atoms with Gasteiger partial charge in [0, 0.05) is 31.7 Å². The van der Waals surface area contributed by atoms with Crippen LogP contribution in [0.15, 0.2) is 23.5 Å². The van der Waals surface area contributed by atoms with Crippen molar-refractivity contribution in [2.75, 3.05) is 18.0 Å². The van der Waals surface area contributed by atoms with E-state index in [1.807, 2.05) is 6.92 Å². The Hall–Kier alpha value is -2.62. The maximum atomic E-state index is 12.5. The number of carbonyl (C=O) groups excluding carboxylic acids is 1. The van der Waals surface area contributed by atoms with Crippen molar-refractivity contribution in [1.82, 2.24) is 10.3 Å². The molecule has 2 aliphatic heterocycles. The third kappa shape index (κ3) is 3.18. The summed E-state index contributed by atoms with van der Waals surface area (Å²) in [6, 6.07) is 5.82. The molecule has 1 N–H and O–H groups in total. The molecule has 0 saturated carbocycles. The Morgan fingerprint density at radius 2 is 2.25 bits per heavy atom. The number of nitriles is 1. The normalized spacial score (nSPS) is 24.0. The molecule has 0 aliphatic carbocycles. The van der Waals surface area contributed by atoms with Gasteiger partial charge in [-0.15, -0.1) is 0 Å². The summed E-state index contributed by atoms with van der Waals surface area (Å²) in [6.45, 7) is 5.13. The van der Waals surface area contributed by atoms with Crippen LogP contribution in [-0.2, 0) is 9.63 Å². The molecule has 0 radical (unpaired) electrons. The average Bonchev–Trinajstić information content (AvgIpc) is 2.96. The molecule has 0 unspecified atom stereocenters. The summed E-state index contributed by atoms with van der Waals surface area (Å²) in [6.07, 6.45) is 3.84. The summed E-state index contributed by atoms with van der Waals surface area (Å²) in [4.78, 5) is 24.2. The van der Waals surface area contributed by atoms with Gasteiger partial charge in [-0.25, -0.2) is 4.98 Å². The second-order valence-electron chi connectivity index (χ2n) is 6.55. The van der Waals surface area contributed by atoms with Gasteiger partial charge in [-0.05, 0) is 38.8 Å². The summed E-state index contributed by atoms with van der Waals surface area (Å²) in [7, 11) is 0. The van der Waals surface area contributed by atoms with E-state index >= 15 is 0 Å². The van der Waals surface area contributed by atoms with Crippen LogP contribution in [0.5, 0.6) is 0 Å². The second kappa shape index (κ2) is 6.48. The van der Waals surface area contributed by atoms with Gasteiger partial charge in [0.2, 0.25) is 5.60 Å². The smallest absolute Gasteiger partial charge is 0.267 e. The Kier molecular flexibility index (Phi) is 4.38. The highest BCUT2D eigenvalue weighted by Crippen LogP contribution is 2.25. The van der Waals surface area contributed by atoms with Crippen LogP contribution in [0.25, 0.3) is 0 Å². The Morgan fingerprint density at radius 1 is 1.50 bits per heavy atom. The highest BCUT2D eigenvalue weighted by atomic mass is 16.7. The molecule has 126 valence electrons. The molecule has 1 aromatic rings. The molecule has 24 heavy (non-hydrogen) atoms. The Morgan fingerprint density at radius 3 is 2.88 bits per heavy atom. The standard InChI is InChI=1S/C17H21N5O2/c1-12-10-17(2,24-21-12)16(23)20-14-5-8-22(9-6-14)15-13(11-18)4-3-7-19-15/h3-4,7,14H,5-6,8-10H2,1-2H3,(H,20,23)/t17-/m0/s1. The fourth-order valence-electron chi connectivity index (χ4n) is 3.16. The van der Waals surface area contributed by atoms with Crippen LogP contribution in [-0.4, -0.2) is 41.3 Å². The zero-order valence-corrected chi connectivity index (χ0v) is 14.0. The number of aromatic nitrogens is 1. The van der Waals surface area contributed by atoms with Gasteiger partial charge in [0.1, 0.15) is 11.9 Å². The van der Waals surface area contributed by atoms with Gasteiger partial charge in [0.25, 0.3) is 5.91 Å². The molecule has 1 atom stereocenters. The summed E-state index contributed by atoms with van der Waals surface area (Å²) < 4.78 is 0. The van der Waals surface area contributed by atoms with Crippen molar-refractivity contribution in [3.63, 3.8) is 0 Å². The summed E-state index contributed by atoms with van der Waals surface area (Å²) >= 11 is 0. The number of hydrogen-bond acceptors (Lipinski definition) is 6. The number of oxime groups is 1.